The second kappa shape index (κ2) is 59.3. The molecule has 2 fully saturated rings. The number of primary amides is 6. The first-order valence-electron chi connectivity index (χ1n) is 44.9. The number of carbonyl (C=O) groups is 22. The van der Waals surface area contributed by atoms with Gasteiger partial charge in [0.05, 0.1) is 37.7 Å². The van der Waals surface area contributed by atoms with Crippen molar-refractivity contribution in [1.82, 2.24) is 84.2 Å². The molecule has 4 rings (SSSR count). The third-order valence-electron chi connectivity index (χ3n) is 22.3. The number of rotatable bonds is 61. The average molecular weight is 2110 g/mol. The predicted molar refractivity (Wildman–Crippen MR) is 501 cm³/mol. The molecular formula is C86H132Cl2N24O24Se2. The fourth-order valence-corrected chi connectivity index (χ4v) is 21.8. The van der Waals surface area contributed by atoms with Gasteiger partial charge in [-0.05, 0) is 50.4 Å². The summed E-state index contributed by atoms with van der Waals surface area (Å²) in [5.41, 5.74) is 46.2. The van der Waals surface area contributed by atoms with E-state index in [0.717, 1.165) is 9.80 Å². The SMILES string of the molecule is CC[C@H](C)[C@H](NC(=O)[C@H](Cc1ccc(O)cc1)NC(=O)[C@@H](N)C[Se][Se]C[C@H](N)C(=O)N[C@@H](Cc1ccc(O)cc1)C(=O)N[C@H](C(=O)N[C@@H](CCC(N)=O)C(=O)N[C@@H](CC(N)=O)C(=O)N[C@@H](CCl)C(=O)N1CCC[C@H]1C(=O)N[C@@H](CC(C)C)C(=O)NCC(N)=O)[C@@H](C)CC)C(=O)N[C@@H](CCC(N)=O)C(=O)N[C@@H](CC(N)=O)C(=O)N[C@@H](CCl)C(=O)N1CCC[C@H]1C(=O)N[C@@H](CC(C)C)C(=O)NCC(N)=O. The molecule has 18 atom stereocenters. The summed E-state index contributed by atoms with van der Waals surface area (Å²) in [6, 6.07) is -12.9. The van der Waals surface area contributed by atoms with Crippen molar-refractivity contribution in [2.24, 2.45) is 69.5 Å². The quantitative estimate of drug-likeness (QED) is 0.0166. The summed E-state index contributed by atoms with van der Waals surface area (Å²) in [4.78, 5) is 301. The average Bonchev–Trinajstić information content (AvgIpc) is 1.67. The summed E-state index contributed by atoms with van der Waals surface area (Å²) < 4.78 is 0. The molecule has 0 saturated carbocycles. The van der Waals surface area contributed by atoms with Gasteiger partial charge in [-0.3, -0.25) is 76.7 Å². The van der Waals surface area contributed by atoms with E-state index in [9.17, 15) is 116 Å². The fourth-order valence-electron chi connectivity index (χ4n) is 14.4. The molecule has 0 aliphatic carbocycles. The number of halogens is 2. The number of nitrogens with zero attached hydrogens (tertiary/aromatic N) is 2. The number of alkyl halides is 2. The van der Waals surface area contributed by atoms with E-state index in [1.165, 1.54) is 48.5 Å². The smallest absolute Gasteiger partial charge is 0.370 e. The van der Waals surface area contributed by atoms with E-state index in [-0.39, 0.29) is 98.4 Å². The number of amides is 22. The van der Waals surface area contributed by atoms with Gasteiger partial charge < -0.3 is 86.7 Å². The standard InChI is InChI=1S/C86H132Cl2N24O24Se2/c1-9-43(7)69(83(133)99-51(23-25-63(91)115)75(125)103-57(33-65(93)117)77(127)107-59(35-87)85(135)111-27-11-13-61(111)81(131)105-53(29-41(3)4)73(123)97-37-67(95)119)109-79(129)55(31-45-15-19-47(113)20-16-45)101-71(121)49(89)39-137-138-40-50(90)72(122)102-56(32-46-17-21-48(114)22-18-46)80(130)110-70(44(8)10-2)84(134)100-52(24-26-64(92)116)76(126)104-58(34-66(94)118)78(128)108-60(36-88)86(136)112-28-12-14-62(112)82(132)106-54(30-42(5)6)74(124)98-38-68(96)120/h15-22,41-44,49-62,69-70,113-114H,9-14,23-40,89-90H2,1-8H3,(H2,91,115)(H2,92,116)(H2,93,117)(H2,94,118)(H2,95,119)(H2,96,120)(H,97,123)(H,98,124)(H,99,133)(H,100,134)(H,101,121)(H,102,122)(H,103,125)(H,104,126)(H,105,131)(H,106,132)(H,107,127)(H,108,128)(H,109,129)(H,110,130)/t43-,44-,49-,50-,51-,52-,53-,54-,55-,56-,57-,58-,59-,60-,61-,62-,69-,70-/m0/s1. The van der Waals surface area contributed by atoms with Crippen molar-refractivity contribution in [3.05, 3.63) is 59.7 Å². The summed E-state index contributed by atoms with van der Waals surface area (Å²) in [7, 11) is 0. The van der Waals surface area contributed by atoms with E-state index in [1.807, 2.05) is 0 Å². The third-order valence-corrected chi connectivity index (χ3v) is 30.2. The zero-order valence-electron chi connectivity index (χ0n) is 78.1. The van der Waals surface area contributed by atoms with Crippen LogP contribution < -0.4 is 120 Å². The molecule has 0 unspecified atom stereocenters. The molecule has 2 heterocycles. The summed E-state index contributed by atoms with van der Waals surface area (Å²) >= 11 is 11.5. The van der Waals surface area contributed by atoms with E-state index in [1.54, 1.807) is 55.4 Å². The van der Waals surface area contributed by atoms with E-state index >= 15 is 0 Å². The molecule has 22 amide bonds. The first-order valence-corrected chi connectivity index (χ1v) is 52.7. The van der Waals surface area contributed by atoms with Crippen molar-refractivity contribution in [3.8, 4) is 11.5 Å². The molecule has 138 heavy (non-hydrogen) atoms. The van der Waals surface area contributed by atoms with Gasteiger partial charge in [0, 0.05) is 25.9 Å². The number of phenolic OH excluding ortho intramolecular Hbond substituents is 2. The second-order valence-corrected chi connectivity index (χ2v) is 42.7. The number of likely N-dealkylation sites (tertiary alicyclic amines) is 2. The monoisotopic (exact) mass is 2110 g/mol. The van der Waals surface area contributed by atoms with Gasteiger partial charge in [-0.25, -0.2) is 0 Å². The molecule has 766 valence electrons. The Kier molecular flexibility index (Phi) is 50.8. The Morgan fingerprint density at radius 3 is 0.957 bits per heavy atom. The Hall–Kier alpha value is -12.1. The van der Waals surface area contributed by atoms with Crippen LogP contribution in [0.5, 0.6) is 11.5 Å². The molecule has 2 aliphatic heterocycles. The topological polar surface area (TPSA) is 799 Å². The summed E-state index contributed by atoms with van der Waals surface area (Å²) in [6.07, 6.45) is -3.11. The van der Waals surface area contributed by atoms with E-state index in [2.05, 4.69) is 74.4 Å². The molecule has 2 aliphatic rings. The maximum atomic E-state index is 14.7. The molecule has 0 spiro atoms. The molecular weight excluding hydrogens is 1980 g/mol. The van der Waals surface area contributed by atoms with Crippen LogP contribution >= 0.6 is 23.2 Å². The van der Waals surface area contributed by atoms with E-state index in [0.29, 0.717) is 24.0 Å². The first-order chi connectivity index (χ1) is 64.9. The molecule has 2 aromatic rings. The van der Waals surface area contributed by atoms with Crippen molar-refractivity contribution < 1.29 is 116 Å². The number of aromatic hydroxyl groups is 2. The zero-order chi connectivity index (χ0) is 104. The number of benzene rings is 2. The molecule has 48 nitrogen and oxygen atoms in total. The van der Waals surface area contributed by atoms with E-state index in [4.69, 9.17) is 69.1 Å². The van der Waals surface area contributed by atoms with Gasteiger partial charge in [0.15, 0.2) is 0 Å². The zero-order valence-corrected chi connectivity index (χ0v) is 83.0. The number of nitrogens with one attached hydrogen (secondary N) is 14. The van der Waals surface area contributed by atoms with Crippen LogP contribution in [0.2, 0.25) is 10.6 Å². The Morgan fingerprint density at radius 1 is 0.370 bits per heavy atom. The molecule has 0 aromatic heterocycles. The number of phenols is 2. The van der Waals surface area contributed by atoms with Crippen LogP contribution in [0.15, 0.2) is 48.5 Å². The summed E-state index contributed by atoms with van der Waals surface area (Å²) in [5.74, 6) is -24.3. The van der Waals surface area contributed by atoms with Crippen molar-refractivity contribution >= 4 is 179 Å². The Balaban J connectivity index is 1.50. The van der Waals surface area contributed by atoms with Gasteiger partial charge in [0.2, 0.25) is 82.7 Å². The molecule has 52 heteroatoms. The third kappa shape index (κ3) is 40.5. The summed E-state index contributed by atoms with van der Waals surface area (Å²) in [6.45, 7) is 12.5. The van der Waals surface area contributed by atoms with E-state index < -0.39 is 328 Å². The predicted octanol–water partition coefficient (Wildman–Crippen LogP) is -8.36. The molecule has 2 aromatic carbocycles. The van der Waals surface area contributed by atoms with Crippen LogP contribution in [0.4, 0.5) is 0 Å². The number of carbonyl (C=O) groups excluding carboxylic acids is 22. The molecule has 0 bridgehead atoms. The van der Waals surface area contributed by atoms with Gasteiger partial charge in [0.25, 0.3) is 0 Å². The van der Waals surface area contributed by atoms with Crippen molar-refractivity contribution in [2.45, 2.75) is 265 Å². The number of hydrogen-bond donors (Lipinski definition) is 24. The minimum Gasteiger partial charge on any atom is -0.370 e. The van der Waals surface area contributed by atoms with Crippen LogP contribution in [0.1, 0.15) is 156 Å². The summed E-state index contributed by atoms with van der Waals surface area (Å²) in [5, 5.41) is 55.2. The minimum atomic E-state index is -1.90. The van der Waals surface area contributed by atoms with Crippen molar-refractivity contribution in [2.75, 3.05) is 37.9 Å². The molecule has 0 radical (unpaired) electrons. The number of hydrogen-bond acceptors (Lipinski definition) is 26. The van der Waals surface area contributed by atoms with Crippen LogP contribution in [-0.4, -0.2) is 311 Å². The Morgan fingerprint density at radius 2 is 0.667 bits per heavy atom. The van der Waals surface area contributed by atoms with Gasteiger partial charge in [-0.1, -0.05) is 27.7 Å². The van der Waals surface area contributed by atoms with Gasteiger partial charge in [0.1, 0.15) is 48.3 Å². The van der Waals surface area contributed by atoms with Gasteiger partial charge >= 0.3 is 364 Å². The van der Waals surface area contributed by atoms with Gasteiger partial charge in [-0.2, -0.15) is 0 Å². The second-order valence-electron chi connectivity index (χ2n) is 34.5. The van der Waals surface area contributed by atoms with Crippen molar-refractivity contribution in [1.29, 1.82) is 0 Å². The first kappa shape index (κ1) is 118. The molecule has 2 saturated heterocycles. The fraction of sp³-hybridized carbons (Fsp3) is 0.605. The van der Waals surface area contributed by atoms with Crippen LogP contribution in [0.25, 0.3) is 0 Å². The van der Waals surface area contributed by atoms with Crippen LogP contribution in [-0.2, 0) is 118 Å². The number of nitrogens with two attached hydrogens (primary N) is 8. The van der Waals surface area contributed by atoms with Crippen LogP contribution in [0.3, 0.4) is 0 Å². The Labute approximate surface area is 818 Å². The van der Waals surface area contributed by atoms with Gasteiger partial charge in [-0.15, -0.1) is 23.2 Å². The minimum absolute atomic E-state index is 0.00908. The molecule has 32 N–H and O–H groups in total. The Bertz CT molecular complexity index is 4350. The normalized spacial score (nSPS) is 16.9. The van der Waals surface area contributed by atoms with Crippen LogP contribution in [0, 0.1) is 23.7 Å². The van der Waals surface area contributed by atoms with Crippen molar-refractivity contribution in [3.63, 3.8) is 0 Å². The maximum absolute atomic E-state index is 14.7.